The average Bonchev–Trinajstić information content (AvgIpc) is 2.55. The number of nitrogens with zero attached hydrogens (tertiary/aromatic N) is 2. The zero-order valence-corrected chi connectivity index (χ0v) is 9.65. The molecule has 84 valence electrons. The average molecular weight is 259 g/mol. The molecule has 0 saturated carbocycles. The number of rotatable bonds is 2. The number of hydrogen-bond acceptors (Lipinski definition) is 3. The van der Waals surface area contributed by atoms with Crippen LogP contribution in [-0.2, 0) is 6.54 Å². The third-order valence-corrected chi connectivity index (χ3v) is 2.71. The second kappa shape index (κ2) is 4.23. The van der Waals surface area contributed by atoms with E-state index in [1.807, 2.05) is 0 Å². The SMILES string of the molecule is Nc1n[nH]c(=S)n1Cc1ccc(F)c(Cl)c1. The zero-order valence-electron chi connectivity index (χ0n) is 8.08. The molecule has 0 fully saturated rings. The number of H-pyrrole nitrogens is 1. The van der Waals surface area contributed by atoms with Crippen molar-refractivity contribution < 1.29 is 4.39 Å². The largest absolute Gasteiger partial charge is 0.368 e. The Morgan fingerprint density at radius 1 is 1.56 bits per heavy atom. The van der Waals surface area contributed by atoms with E-state index in [0.29, 0.717) is 11.3 Å². The molecular weight excluding hydrogens is 251 g/mol. The first-order chi connectivity index (χ1) is 7.58. The molecule has 3 N–H and O–H groups in total. The van der Waals surface area contributed by atoms with Gasteiger partial charge in [0.2, 0.25) is 5.95 Å². The Kier molecular flexibility index (Phi) is 2.93. The molecule has 1 aromatic heterocycles. The van der Waals surface area contributed by atoms with Gasteiger partial charge in [0.15, 0.2) is 4.77 Å². The first-order valence-corrected chi connectivity index (χ1v) is 5.21. The van der Waals surface area contributed by atoms with E-state index in [2.05, 4.69) is 10.2 Å². The van der Waals surface area contributed by atoms with Gasteiger partial charge in [-0.25, -0.2) is 9.49 Å². The van der Waals surface area contributed by atoms with Gasteiger partial charge in [0.25, 0.3) is 0 Å². The zero-order chi connectivity index (χ0) is 11.7. The Bertz CT molecular complexity index is 577. The van der Waals surface area contributed by atoms with Crippen LogP contribution in [0.5, 0.6) is 0 Å². The lowest BCUT2D eigenvalue weighted by atomic mass is 10.2. The fraction of sp³-hybridized carbons (Fsp3) is 0.111. The summed E-state index contributed by atoms with van der Waals surface area (Å²) >= 11 is 10.7. The third kappa shape index (κ3) is 2.07. The second-order valence-corrected chi connectivity index (χ2v) is 4.02. The maximum Gasteiger partial charge on any atom is 0.220 e. The Hall–Kier alpha value is -1.40. The molecule has 0 unspecified atom stereocenters. The molecule has 0 bridgehead atoms. The van der Waals surface area contributed by atoms with Gasteiger partial charge in [-0.3, -0.25) is 4.57 Å². The highest BCUT2D eigenvalue weighted by Gasteiger charge is 2.05. The Morgan fingerprint density at radius 3 is 2.88 bits per heavy atom. The molecule has 16 heavy (non-hydrogen) atoms. The van der Waals surface area contributed by atoms with E-state index in [1.54, 1.807) is 10.6 Å². The summed E-state index contributed by atoms with van der Waals surface area (Å²) in [5, 5.41) is 6.41. The molecule has 1 aromatic carbocycles. The summed E-state index contributed by atoms with van der Waals surface area (Å²) in [5.41, 5.74) is 6.41. The van der Waals surface area contributed by atoms with Crippen molar-refractivity contribution in [2.45, 2.75) is 6.54 Å². The van der Waals surface area contributed by atoms with Crippen molar-refractivity contribution in [2.24, 2.45) is 0 Å². The van der Waals surface area contributed by atoms with Crippen LogP contribution in [0, 0.1) is 10.6 Å². The molecule has 0 spiro atoms. The van der Waals surface area contributed by atoms with Crippen molar-refractivity contribution in [1.82, 2.24) is 14.8 Å². The minimum absolute atomic E-state index is 0.0751. The van der Waals surface area contributed by atoms with Gasteiger partial charge >= 0.3 is 0 Å². The standard InChI is InChI=1S/C9H8ClFN4S/c10-6-3-5(1-2-7(6)11)4-15-8(12)13-14-9(15)16/h1-3H,4H2,(H2,12,13)(H,14,16). The Morgan fingerprint density at radius 2 is 2.31 bits per heavy atom. The van der Waals surface area contributed by atoms with Crippen LogP contribution < -0.4 is 5.73 Å². The molecule has 0 atom stereocenters. The summed E-state index contributed by atoms with van der Waals surface area (Å²) < 4.78 is 14.9. The lowest BCUT2D eigenvalue weighted by Crippen LogP contribution is -2.04. The van der Waals surface area contributed by atoms with Crippen LogP contribution in [0.25, 0.3) is 0 Å². The summed E-state index contributed by atoms with van der Waals surface area (Å²) in [4.78, 5) is 0. The molecule has 0 saturated heterocycles. The fourth-order valence-corrected chi connectivity index (χ4v) is 1.71. The highest BCUT2D eigenvalue weighted by atomic mass is 35.5. The number of nitrogens with two attached hydrogens (primary N) is 1. The Balaban J connectivity index is 2.34. The van der Waals surface area contributed by atoms with Crippen LogP contribution in [0.4, 0.5) is 10.3 Å². The number of nitrogen functional groups attached to an aromatic ring is 1. The first kappa shape index (κ1) is 11.1. The summed E-state index contributed by atoms with van der Waals surface area (Å²) in [6, 6.07) is 4.46. The number of nitrogens with one attached hydrogen (secondary N) is 1. The quantitative estimate of drug-likeness (QED) is 0.813. The van der Waals surface area contributed by atoms with Crippen molar-refractivity contribution in [3.05, 3.63) is 39.4 Å². The fourth-order valence-electron chi connectivity index (χ4n) is 1.30. The van der Waals surface area contributed by atoms with E-state index >= 15 is 0 Å². The van der Waals surface area contributed by atoms with E-state index in [-0.39, 0.29) is 11.0 Å². The molecule has 1 heterocycles. The lowest BCUT2D eigenvalue weighted by Gasteiger charge is -2.04. The van der Waals surface area contributed by atoms with Gasteiger partial charge in [-0.1, -0.05) is 17.7 Å². The molecule has 0 radical (unpaired) electrons. The van der Waals surface area contributed by atoms with Crippen molar-refractivity contribution in [2.75, 3.05) is 5.73 Å². The monoisotopic (exact) mass is 258 g/mol. The van der Waals surface area contributed by atoms with Gasteiger partial charge in [-0.2, -0.15) is 0 Å². The number of aromatic nitrogens is 3. The second-order valence-electron chi connectivity index (χ2n) is 3.22. The van der Waals surface area contributed by atoms with Crippen LogP contribution in [0.3, 0.4) is 0 Å². The van der Waals surface area contributed by atoms with Crippen molar-refractivity contribution in [1.29, 1.82) is 0 Å². The number of aromatic amines is 1. The molecule has 4 nitrogen and oxygen atoms in total. The summed E-state index contributed by atoms with van der Waals surface area (Å²) in [7, 11) is 0. The normalized spacial score (nSPS) is 10.6. The topological polar surface area (TPSA) is 59.6 Å². The predicted octanol–water partition coefficient (Wildman–Crippen LogP) is 2.36. The highest BCUT2D eigenvalue weighted by molar-refractivity contribution is 7.71. The molecule has 0 aliphatic rings. The van der Waals surface area contributed by atoms with E-state index in [4.69, 9.17) is 29.6 Å². The molecule has 2 aromatic rings. The van der Waals surface area contributed by atoms with E-state index in [9.17, 15) is 4.39 Å². The van der Waals surface area contributed by atoms with Crippen molar-refractivity contribution in [3.8, 4) is 0 Å². The van der Waals surface area contributed by atoms with E-state index in [0.717, 1.165) is 5.56 Å². The van der Waals surface area contributed by atoms with Gasteiger partial charge in [-0.15, -0.1) is 5.10 Å². The highest BCUT2D eigenvalue weighted by Crippen LogP contribution is 2.17. The van der Waals surface area contributed by atoms with Crippen LogP contribution in [0.15, 0.2) is 18.2 Å². The number of hydrogen-bond donors (Lipinski definition) is 2. The van der Waals surface area contributed by atoms with Crippen LogP contribution >= 0.6 is 23.8 Å². The van der Waals surface area contributed by atoms with Crippen LogP contribution in [-0.4, -0.2) is 14.8 Å². The maximum absolute atomic E-state index is 12.9. The van der Waals surface area contributed by atoms with Gasteiger partial charge in [0.1, 0.15) is 5.82 Å². The third-order valence-electron chi connectivity index (χ3n) is 2.11. The van der Waals surface area contributed by atoms with Crippen LogP contribution in [0.1, 0.15) is 5.56 Å². The molecule has 0 aliphatic carbocycles. The molecule has 7 heteroatoms. The van der Waals surface area contributed by atoms with Crippen molar-refractivity contribution >= 4 is 29.8 Å². The minimum atomic E-state index is -0.450. The minimum Gasteiger partial charge on any atom is -0.368 e. The summed E-state index contributed by atoms with van der Waals surface area (Å²) in [6.45, 7) is 0.404. The molecule has 0 aliphatic heterocycles. The Labute approximate surface area is 101 Å². The molecule has 2 rings (SSSR count). The smallest absolute Gasteiger partial charge is 0.220 e. The summed E-state index contributed by atoms with van der Waals surface area (Å²) in [5.74, 6) is -0.167. The number of halogens is 2. The lowest BCUT2D eigenvalue weighted by molar-refractivity contribution is 0.626. The van der Waals surface area contributed by atoms with Gasteiger partial charge in [0, 0.05) is 0 Å². The first-order valence-electron chi connectivity index (χ1n) is 4.42. The summed E-state index contributed by atoms with van der Waals surface area (Å²) in [6.07, 6.45) is 0. The number of benzene rings is 1. The molecular formula is C9H8ClFN4S. The van der Waals surface area contributed by atoms with E-state index in [1.165, 1.54) is 12.1 Å². The van der Waals surface area contributed by atoms with Crippen molar-refractivity contribution in [3.63, 3.8) is 0 Å². The van der Waals surface area contributed by atoms with Gasteiger partial charge in [0.05, 0.1) is 11.6 Å². The molecule has 0 amide bonds. The van der Waals surface area contributed by atoms with E-state index < -0.39 is 5.82 Å². The maximum atomic E-state index is 12.9. The van der Waals surface area contributed by atoms with Crippen LogP contribution in [0.2, 0.25) is 5.02 Å². The van der Waals surface area contributed by atoms with Gasteiger partial charge in [-0.05, 0) is 29.9 Å². The predicted molar refractivity (Wildman–Crippen MR) is 62.3 cm³/mol. The number of anilines is 1. The van der Waals surface area contributed by atoms with Gasteiger partial charge < -0.3 is 5.73 Å².